The Balaban J connectivity index is 2.46. The van der Waals surface area contributed by atoms with Gasteiger partial charge in [-0.15, -0.1) is 0 Å². The van der Waals surface area contributed by atoms with Crippen LogP contribution in [0.5, 0.6) is 0 Å². The summed E-state index contributed by atoms with van der Waals surface area (Å²) in [6.07, 6.45) is 3.32. The van der Waals surface area contributed by atoms with E-state index in [1.54, 1.807) is 23.4 Å². The van der Waals surface area contributed by atoms with Crippen molar-refractivity contribution in [2.24, 2.45) is 0 Å². The summed E-state index contributed by atoms with van der Waals surface area (Å²) < 4.78 is 0. The van der Waals surface area contributed by atoms with E-state index in [0.29, 0.717) is 16.8 Å². The highest BCUT2D eigenvalue weighted by Gasteiger charge is 2.25. The van der Waals surface area contributed by atoms with Crippen LogP contribution in [0.1, 0.15) is 20.8 Å². The van der Waals surface area contributed by atoms with Crippen molar-refractivity contribution in [3.63, 3.8) is 0 Å². The van der Waals surface area contributed by atoms with Crippen LogP contribution < -0.4 is 5.32 Å². The summed E-state index contributed by atoms with van der Waals surface area (Å²) in [6.45, 7) is 0.262. The summed E-state index contributed by atoms with van der Waals surface area (Å²) in [5, 5.41) is 2.69. The Labute approximate surface area is 93.1 Å². The molecule has 1 aromatic rings. The van der Waals surface area contributed by atoms with Gasteiger partial charge in [-0.3, -0.25) is 9.59 Å². The molecule has 1 aromatic heterocycles. The lowest BCUT2D eigenvalue weighted by Gasteiger charge is -2.08. The van der Waals surface area contributed by atoms with Crippen LogP contribution in [-0.2, 0) is 0 Å². The molecule has 0 spiro atoms. The molecule has 0 saturated heterocycles. The maximum Gasteiger partial charge on any atom is 0.268 e. The van der Waals surface area contributed by atoms with Gasteiger partial charge in [-0.05, 0) is 6.07 Å². The van der Waals surface area contributed by atoms with Gasteiger partial charge in [0.25, 0.3) is 5.91 Å². The van der Waals surface area contributed by atoms with Gasteiger partial charge in [-0.25, -0.2) is 0 Å². The Morgan fingerprint density at radius 1 is 1.38 bits per heavy atom. The van der Waals surface area contributed by atoms with Gasteiger partial charge in [0.2, 0.25) is 0 Å². The fourth-order valence-electron chi connectivity index (χ4n) is 1.68. The number of carbonyl (C=O) groups excluding carboxylic acids is 2. The van der Waals surface area contributed by atoms with Crippen LogP contribution in [0, 0.1) is 0 Å². The zero-order valence-electron chi connectivity index (χ0n) is 9.20. The van der Waals surface area contributed by atoms with Crippen LogP contribution in [0.15, 0.2) is 24.0 Å². The van der Waals surface area contributed by atoms with Crippen molar-refractivity contribution in [2.75, 3.05) is 20.6 Å². The smallest absolute Gasteiger partial charge is 0.268 e. The predicted molar refractivity (Wildman–Crippen MR) is 59.2 cm³/mol. The molecule has 0 fully saturated rings. The minimum Gasteiger partial charge on any atom is -0.383 e. The molecule has 16 heavy (non-hydrogen) atoms. The summed E-state index contributed by atoms with van der Waals surface area (Å²) in [5.74, 6) is -0.348. The van der Waals surface area contributed by atoms with E-state index in [9.17, 15) is 9.59 Å². The van der Waals surface area contributed by atoms with E-state index in [4.69, 9.17) is 0 Å². The first kappa shape index (κ1) is 10.5. The van der Waals surface area contributed by atoms with Crippen molar-refractivity contribution in [1.29, 1.82) is 0 Å². The second kappa shape index (κ2) is 3.84. The lowest BCUT2D eigenvalue weighted by molar-refractivity contribution is 0.0952. The number of ketones is 1. The molecular weight excluding hydrogens is 206 g/mol. The molecule has 2 rings (SSSR count). The monoisotopic (exact) mass is 219 g/mol. The summed E-state index contributed by atoms with van der Waals surface area (Å²) in [7, 11) is 3.68. The third kappa shape index (κ3) is 1.71. The second-order valence-electron chi connectivity index (χ2n) is 3.90. The first-order valence-corrected chi connectivity index (χ1v) is 4.97. The molecule has 0 saturated carbocycles. The Bertz CT molecular complexity index is 471. The highest BCUT2D eigenvalue weighted by molar-refractivity contribution is 6.16. The number of H-pyrrole nitrogens is 1. The van der Waals surface area contributed by atoms with E-state index in [1.165, 1.54) is 0 Å². The number of aromatic amines is 1. The molecule has 1 aliphatic rings. The van der Waals surface area contributed by atoms with Gasteiger partial charge in [0.15, 0.2) is 5.78 Å². The first-order valence-electron chi connectivity index (χ1n) is 4.97. The molecule has 2 N–H and O–H groups in total. The molecule has 1 aliphatic heterocycles. The Morgan fingerprint density at radius 3 is 2.81 bits per heavy atom. The highest BCUT2D eigenvalue weighted by atomic mass is 16.2. The lowest BCUT2D eigenvalue weighted by atomic mass is 10.1. The van der Waals surface area contributed by atoms with Gasteiger partial charge in [0.05, 0.1) is 5.56 Å². The average Bonchev–Trinajstić information content (AvgIpc) is 2.67. The van der Waals surface area contributed by atoms with E-state index in [0.717, 1.165) is 0 Å². The predicted octanol–water partition coefficient (Wildman–Crippen LogP) is 0.386. The van der Waals surface area contributed by atoms with Gasteiger partial charge in [-0.2, -0.15) is 0 Å². The maximum absolute atomic E-state index is 12.1. The molecule has 5 heteroatoms. The van der Waals surface area contributed by atoms with E-state index in [1.807, 2.05) is 14.1 Å². The number of Topliss-reactive ketones (excluding diaryl/α,β-unsaturated/α-hetero) is 1. The molecular formula is C11H13N3O2. The number of rotatable bonds is 1. The number of amides is 1. The molecule has 0 aromatic carbocycles. The molecule has 5 nitrogen and oxygen atoms in total. The van der Waals surface area contributed by atoms with Crippen molar-refractivity contribution in [1.82, 2.24) is 15.2 Å². The summed E-state index contributed by atoms with van der Waals surface area (Å²) in [4.78, 5) is 28.2. The van der Waals surface area contributed by atoms with Crippen LogP contribution in [-0.4, -0.2) is 42.2 Å². The molecule has 0 unspecified atom stereocenters. The Kier molecular flexibility index (Phi) is 2.52. The number of nitrogens with one attached hydrogen (secondary N) is 2. The fraction of sp³-hybridized carbons (Fsp3) is 0.273. The third-order valence-corrected chi connectivity index (χ3v) is 2.36. The minimum absolute atomic E-state index is 0.108. The van der Waals surface area contributed by atoms with Crippen LogP contribution in [0.25, 0.3) is 0 Å². The van der Waals surface area contributed by atoms with Gasteiger partial charge >= 0.3 is 0 Å². The van der Waals surface area contributed by atoms with Crippen LogP contribution >= 0.6 is 0 Å². The number of aromatic nitrogens is 1. The van der Waals surface area contributed by atoms with E-state index in [2.05, 4.69) is 10.3 Å². The summed E-state index contributed by atoms with van der Waals surface area (Å²) in [5.41, 5.74) is 1.35. The minimum atomic E-state index is -0.240. The quantitative estimate of drug-likeness (QED) is 0.671. The van der Waals surface area contributed by atoms with E-state index >= 15 is 0 Å². The van der Waals surface area contributed by atoms with Crippen molar-refractivity contribution in [3.05, 3.63) is 35.3 Å². The summed E-state index contributed by atoms with van der Waals surface area (Å²) >= 11 is 0. The zero-order chi connectivity index (χ0) is 11.7. The van der Waals surface area contributed by atoms with Crippen LogP contribution in [0.3, 0.4) is 0 Å². The summed E-state index contributed by atoms with van der Waals surface area (Å²) in [6, 6.07) is 1.63. The van der Waals surface area contributed by atoms with Crippen molar-refractivity contribution in [3.8, 4) is 0 Å². The molecule has 84 valence electrons. The fourth-order valence-corrected chi connectivity index (χ4v) is 1.68. The normalized spacial score (nSPS) is 18.0. The average molecular weight is 219 g/mol. The van der Waals surface area contributed by atoms with Crippen LogP contribution in [0.4, 0.5) is 0 Å². The maximum atomic E-state index is 12.1. The van der Waals surface area contributed by atoms with Gasteiger partial charge in [0, 0.05) is 38.6 Å². The molecule has 0 atom stereocenters. The number of nitrogens with zero attached hydrogens (tertiary/aromatic N) is 1. The van der Waals surface area contributed by atoms with Gasteiger partial charge in [0.1, 0.15) is 5.69 Å². The van der Waals surface area contributed by atoms with Crippen molar-refractivity contribution >= 4 is 11.7 Å². The SMILES string of the molecule is CN(C)/C=C1\CNC(=O)c2[nH]ccc2C1=O. The molecule has 2 heterocycles. The highest BCUT2D eigenvalue weighted by Crippen LogP contribution is 2.16. The topological polar surface area (TPSA) is 65.2 Å². The zero-order valence-corrected chi connectivity index (χ0v) is 9.20. The van der Waals surface area contributed by atoms with Crippen molar-refractivity contribution < 1.29 is 9.59 Å². The van der Waals surface area contributed by atoms with Crippen molar-refractivity contribution in [2.45, 2.75) is 0 Å². The number of hydrogen-bond donors (Lipinski definition) is 2. The number of carbonyl (C=O) groups is 2. The molecule has 0 bridgehead atoms. The standard InChI is InChI=1S/C11H13N3O2/c1-14(2)6-7-5-13-11(16)9-8(10(7)15)3-4-12-9/h3-4,6,12H,5H2,1-2H3,(H,13,16)/b7-6+. The van der Waals surface area contributed by atoms with Gasteiger partial charge in [-0.1, -0.05) is 0 Å². The second-order valence-corrected chi connectivity index (χ2v) is 3.90. The first-order chi connectivity index (χ1) is 7.59. The lowest BCUT2D eigenvalue weighted by Crippen LogP contribution is -2.25. The third-order valence-electron chi connectivity index (χ3n) is 2.36. The largest absolute Gasteiger partial charge is 0.383 e. The molecule has 0 radical (unpaired) electrons. The van der Waals surface area contributed by atoms with E-state index < -0.39 is 0 Å². The Hall–Kier alpha value is -2.04. The number of fused-ring (bicyclic) bond motifs is 1. The van der Waals surface area contributed by atoms with Gasteiger partial charge < -0.3 is 15.2 Å². The van der Waals surface area contributed by atoms with Crippen LogP contribution in [0.2, 0.25) is 0 Å². The van der Waals surface area contributed by atoms with E-state index in [-0.39, 0.29) is 18.2 Å². The molecule has 1 amide bonds. The molecule has 0 aliphatic carbocycles. The number of hydrogen-bond acceptors (Lipinski definition) is 3. The Morgan fingerprint density at radius 2 is 2.12 bits per heavy atom.